The third kappa shape index (κ3) is 5.67. The Kier molecular flexibility index (Phi) is 5.15. The van der Waals surface area contributed by atoms with Gasteiger partial charge in [-0.2, -0.15) is 13.2 Å². The number of hydrogen-bond donors (Lipinski definition) is 2. The monoisotopic (exact) mass is 260 g/mol. The number of benzene rings is 1. The topological polar surface area (TPSA) is 41.1 Å². The number of anilines is 1. The summed E-state index contributed by atoms with van der Waals surface area (Å²) in [4.78, 5) is 11.1. The molecule has 2 N–H and O–H groups in total. The number of halogens is 3. The molecule has 6 heteroatoms. The Bertz CT molecular complexity index is 405. The second kappa shape index (κ2) is 6.39. The van der Waals surface area contributed by atoms with Crippen LogP contribution in [0.5, 0.6) is 0 Å². The second-order valence-corrected chi connectivity index (χ2v) is 3.82. The molecule has 0 saturated heterocycles. The van der Waals surface area contributed by atoms with E-state index in [9.17, 15) is 18.0 Å². The van der Waals surface area contributed by atoms with E-state index in [1.165, 1.54) is 0 Å². The van der Waals surface area contributed by atoms with Crippen molar-refractivity contribution in [3.8, 4) is 0 Å². The maximum atomic E-state index is 12.0. The molecule has 1 rings (SSSR count). The van der Waals surface area contributed by atoms with Crippen LogP contribution in [0.4, 0.5) is 18.9 Å². The zero-order valence-corrected chi connectivity index (χ0v) is 9.97. The maximum absolute atomic E-state index is 12.0. The molecule has 1 aromatic carbocycles. The van der Waals surface area contributed by atoms with E-state index in [0.717, 1.165) is 12.1 Å². The first-order valence-electron chi connectivity index (χ1n) is 5.57. The van der Waals surface area contributed by atoms with Gasteiger partial charge in [0.15, 0.2) is 0 Å². The second-order valence-electron chi connectivity index (χ2n) is 3.82. The molecule has 0 radical (unpaired) electrons. The molecule has 1 aromatic rings. The number of amides is 1. The van der Waals surface area contributed by atoms with Crippen LogP contribution in [-0.2, 0) is 11.3 Å². The smallest absolute Gasteiger partial charge is 0.326 e. The molecule has 18 heavy (non-hydrogen) atoms. The molecule has 3 nitrogen and oxygen atoms in total. The number of carbonyl (C=O) groups excluding carboxylic acids is 1. The van der Waals surface area contributed by atoms with Gasteiger partial charge in [0.25, 0.3) is 0 Å². The lowest BCUT2D eigenvalue weighted by Gasteiger charge is -2.09. The number of carbonyl (C=O) groups is 1. The number of hydrogen-bond acceptors (Lipinski definition) is 2. The zero-order chi connectivity index (χ0) is 13.6. The Morgan fingerprint density at radius 2 is 2.06 bits per heavy atom. The van der Waals surface area contributed by atoms with Crippen LogP contribution < -0.4 is 10.6 Å². The summed E-state index contributed by atoms with van der Waals surface area (Å²) in [6.07, 6.45) is -5.95. The van der Waals surface area contributed by atoms with Gasteiger partial charge in [0.2, 0.25) is 5.91 Å². The summed E-state index contributed by atoms with van der Waals surface area (Å²) in [5.74, 6) is -1.05. The van der Waals surface area contributed by atoms with Gasteiger partial charge in [-0.1, -0.05) is 19.1 Å². The van der Waals surface area contributed by atoms with Crippen LogP contribution in [-0.4, -0.2) is 18.6 Å². The van der Waals surface area contributed by atoms with Crippen LogP contribution in [0.1, 0.15) is 18.9 Å². The van der Waals surface area contributed by atoms with Gasteiger partial charge in [0.1, 0.15) is 6.42 Å². The zero-order valence-electron chi connectivity index (χ0n) is 9.97. The van der Waals surface area contributed by atoms with E-state index in [0.29, 0.717) is 12.2 Å². The van der Waals surface area contributed by atoms with Crippen LogP contribution in [0, 0.1) is 0 Å². The van der Waals surface area contributed by atoms with E-state index in [1.54, 1.807) is 18.2 Å². The summed E-state index contributed by atoms with van der Waals surface area (Å²) in [5.41, 5.74) is 1.28. The fraction of sp³-hybridized carbons (Fsp3) is 0.417. The Morgan fingerprint density at radius 1 is 1.33 bits per heavy atom. The van der Waals surface area contributed by atoms with E-state index in [1.807, 2.05) is 13.0 Å². The van der Waals surface area contributed by atoms with Crippen molar-refractivity contribution in [2.24, 2.45) is 0 Å². The van der Waals surface area contributed by atoms with Gasteiger partial charge in [0.05, 0.1) is 0 Å². The highest BCUT2D eigenvalue weighted by Gasteiger charge is 2.31. The number of rotatable bonds is 5. The normalized spacial score (nSPS) is 11.3. The SMILES string of the molecule is CCNCc1cccc(NC(=O)CC(F)(F)F)c1. The molecule has 0 aromatic heterocycles. The minimum Gasteiger partial charge on any atom is -0.326 e. The van der Waals surface area contributed by atoms with Gasteiger partial charge in [-0.05, 0) is 24.2 Å². The van der Waals surface area contributed by atoms with Crippen LogP contribution in [0.25, 0.3) is 0 Å². The Labute approximate surface area is 103 Å². The van der Waals surface area contributed by atoms with Crippen molar-refractivity contribution in [3.05, 3.63) is 29.8 Å². The van der Waals surface area contributed by atoms with E-state index < -0.39 is 18.5 Å². The van der Waals surface area contributed by atoms with Crippen molar-refractivity contribution < 1.29 is 18.0 Å². The minimum atomic E-state index is -4.48. The first-order chi connectivity index (χ1) is 8.40. The lowest BCUT2D eigenvalue weighted by atomic mass is 10.2. The molecule has 0 saturated carbocycles. The van der Waals surface area contributed by atoms with Gasteiger partial charge in [-0.3, -0.25) is 4.79 Å². The quantitative estimate of drug-likeness (QED) is 0.854. The molecule has 0 unspecified atom stereocenters. The molecule has 0 atom stereocenters. The number of alkyl halides is 3. The third-order valence-corrected chi connectivity index (χ3v) is 2.15. The average Bonchev–Trinajstić information content (AvgIpc) is 2.24. The van der Waals surface area contributed by atoms with Crippen molar-refractivity contribution in [1.82, 2.24) is 5.32 Å². The van der Waals surface area contributed by atoms with Crippen LogP contribution in [0.15, 0.2) is 24.3 Å². The van der Waals surface area contributed by atoms with Crippen LogP contribution in [0.2, 0.25) is 0 Å². The lowest BCUT2D eigenvalue weighted by Crippen LogP contribution is -2.21. The van der Waals surface area contributed by atoms with Crippen molar-refractivity contribution in [3.63, 3.8) is 0 Å². The van der Waals surface area contributed by atoms with Gasteiger partial charge in [-0.25, -0.2) is 0 Å². The standard InChI is InChI=1S/C12H15F3N2O/c1-2-16-8-9-4-3-5-10(6-9)17-11(18)7-12(13,14)15/h3-6,16H,2,7-8H2,1H3,(H,17,18). The van der Waals surface area contributed by atoms with Crippen molar-refractivity contribution in [2.75, 3.05) is 11.9 Å². The highest BCUT2D eigenvalue weighted by molar-refractivity contribution is 5.91. The Balaban J connectivity index is 2.59. The lowest BCUT2D eigenvalue weighted by molar-refractivity contribution is -0.150. The molecule has 0 fully saturated rings. The fourth-order valence-electron chi connectivity index (χ4n) is 1.42. The van der Waals surface area contributed by atoms with Gasteiger partial charge >= 0.3 is 6.18 Å². The van der Waals surface area contributed by atoms with Crippen molar-refractivity contribution in [1.29, 1.82) is 0 Å². The molecule has 0 spiro atoms. The summed E-state index contributed by atoms with van der Waals surface area (Å²) in [5, 5.41) is 5.32. The highest BCUT2D eigenvalue weighted by atomic mass is 19.4. The van der Waals surface area contributed by atoms with E-state index in [-0.39, 0.29) is 0 Å². The van der Waals surface area contributed by atoms with Crippen molar-refractivity contribution in [2.45, 2.75) is 26.1 Å². The molecule has 0 bridgehead atoms. The van der Waals surface area contributed by atoms with Crippen LogP contribution in [0.3, 0.4) is 0 Å². The summed E-state index contributed by atoms with van der Waals surface area (Å²) >= 11 is 0. The molecular formula is C12H15F3N2O. The van der Waals surface area contributed by atoms with Gasteiger partial charge in [0, 0.05) is 12.2 Å². The molecule has 0 aliphatic heterocycles. The largest absolute Gasteiger partial charge is 0.397 e. The Hall–Kier alpha value is -1.56. The maximum Gasteiger partial charge on any atom is 0.397 e. The first-order valence-corrected chi connectivity index (χ1v) is 5.57. The first kappa shape index (κ1) is 14.5. The molecule has 100 valence electrons. The third-order valence-electron chi connectivity index (χ3n) is 2.15. The summed E-state index contributed by atoms with van der Waals surface area (Å²) in [6.45, 7) is 3.36. The summed E-state index contributed by atoms with van der Waals surface area (Å²) in [7, 11) is 0. The van der Waals surface area contributed by atoms with Gasteiger partial charge in [-0.15, -0.1) is 0 Å². The predicted octanol–water partition coefficient (Wildman–Crippen LogP) is 2.69. The Morgan fingerprint density at radius 3 is 2.67 bits per heavy atom. The van der Waals surface area contributed by atoms with E-state index in [2.05, 4.69) is 10.6 Å². The van der Waals surface area contributed by atoms with E-state index in [4.69, 9.17) is 0 Å². The van der Waals surface area contributed by atoms with Gasteiger partial charge < -0.3 is 10.6 Å². The molecular weight excluding hydrogens is 245 g/mol. The molecule has 0 aliphatic carbocycles. The van der Waals surface area contributed by atoms with Crippen LogP contribution >= 0.6 is 0 Å². The van der Waals surface area contributed by atoms with E-state index >= 15 is 0 Å². The minimum absolute atomic E-state index is 0.375. The summed E-state index contributed by atoms with van der Waals surface area (Å²) < 4.78 is 36.0. The fourth-order valence-corrected chi connectivity index (χ4v) is 1.42. The number of nitrogens with one attached hydrogen (secondary N) is 2. The highest BCUT2D eigenvalue weighted by Crippen LogP contribution is 2.20. The predicted molar refractivity (Wildman–Crippen MR) is 63.1 cm³/mol. The molecule has 0 heterocycles. The average molecular weight is 260 g/mol. The molecule has 0 aliphatic rings. The van der Waals surface area contributed by atoms with Crippen molar-refractivity contribution >= 4 is 11.6 Å². The summed E-state index contributed by atoms with van der Waals surface area (Å²) in [6, 6.07) is 6.73. The molecule has 1 amide bonds.